The van der Waals surface area contributed by atoms with Gasteiger partial charge in [0.25, 0.3) is 18.1 Å². The molecule has 0 atom stereocenters. The smallest absolute Gasteiger partial charge is 0.262 e. The molecule has 0 aliphatic rings. The Morgan fingerprint density at radius 3 is 1.55 bits per heavy atom. The Morgan fingerprint density at radius 1 is 0.750 bits per heavy atom. The van der Waals surface area contributed by atoms with Crippen molar-refractivity contribution < 1.29 is 16.8 Å². The van der Waals surface area contributed by atoms with Crippen molar-refractivity contribution in [1.29, 1.82) is 0 Å². The average Bonchev–Trinajstić information content (AvgIpc) is 2.40. The van der Waals surface area contributed by atoms with E-state index < -0.39 is 18.1 Å². The number of benzene rings is 1. The Hall–Kier alpha value is -1.15. The Kier molecular flexibility index (Phi) is 5.94. The minimum Gasteiger partial charge on any atom is -0.263 e. The molecule has 1 aromatic heterocycles. The number of hydrogen-bond acceptors (Lipinski definition) is 5. The van der Waals surface area contributed by atoms with E-state index in [1.165, 1.54) is 36.7 Å². The molecular formula is C11H9Cl2NO4S2. The monoisotopic (exact) mass is 353 g/mol. The van der Waals surface area contributed by atoms with Gasteiger partial charge in [-0.2, -0.15) is 0 Å². The normalized spacial score (nSPS) is 11.3. The van der Waals surface area contributed by atoms with Gasteiger partial charge in [-0.1, -0.05) is 18.2 Å². The third-order valence-corrected chi connectivity index (χ3v) is 4.65. The minimum atomic E-state index is -3.59. The standard InChI is InChI=1S/C6H5ClO2S.C5H4ClNO2S/c7-10(8,9)6-4-2-1-3-5-6;6-10(8,9)5-2-1-3-7-4-5/h1-5H;1-4H. The molecule has 0 aliphatic carbocycles. The molecule has 0 N–H and O–H groups in total. The molecule has 5 nitrogen and oxygen atoms in total. The molecule has 0 spiro atoms. The first-order valence-corrected chi connectivity index (χ1v) is 9.67. The summed E-state index contributed by atoms with van der Waals surface area (Å²) in [7, 11) is 2.90. The second-order valence-electron chi connectivity index (χ2n) is 3.38. The zero-order valence-electron chi connectivity index (χ0n) is 9.85. The molecule has 1 aromatic carbocycles. The van der Waals surface area contributed by atoms with Gasteiger partial charge >= 0.3 is 0 Å². The van der Waals surface area contributed by atoms with E-state index in [4.69, 9.17) is 21.4 Å². The van der Waals surface area contributed by atoms with Crippen molar-refractivity contribution in [3.63, 3.8) is 0 Å². The Morgan fingerprint density at radius 2 is 1.25 bits per heavy atom. The van der Waals surface area contributed by atoms with Crippen molar-refractivity contribution in [3.05, 3.63) is 54.9 Å². The second kappa shape index (κ2) is 7.03. The fraction of sp³-hybridized carbons (Fsp3) is 0. The van der Waals surface area contributed by atoms with Crippen LogP contribution in [0.4, 0.5) is 0 Å². The topological polar surface area (TPSA) is 81.2 Å². The lowest BCUT2D eigenvalue weighted by Gasteiger charge is -1.91. The van der Waals surface area contributed by atoms with Crippen molar-refractivity contribution in [2.75, 3.05) is 0 Å². The number of aromatic nitrogens is 1. The van der Waals surface area contributed by atoms with E-state index in [9.17, 15) is 16.8 Å². The van der Waals surface area contributed by atoms with Gasteiger partial charge in [0.2, 0.25) is 0 Å². The summed E-state index contributed by atoms with van der Waals surface area (Å²) in [5, 5.41) is 0. The molecule has 0 aliphatic heterocycles. The molecule has 0 amide bonds. The predicted octanol–water partition coefficient (Wildman–Crippen LogP) is 2.62. The number of hydrogen-bond donors (Lipinski definition) is 0. The van der Waals surface area contributed by atoms with Gasteiger partial charge < -0.3 is 0 Å². The number of rotatable bonds is 2. The van der Waals surface area contributed by atoms with E-state index >= 15 is 0 Å². The summed E-state index contributed by atoms with van der Waals surface area (Å²) in [6.07, 6.45) is 2.67. The van der Waals surface area contributed by atoms with E-state index in [0.29, 0.717) is 0 Å². The summed E-state index contributed by atoms with van der Waals surface area (Å²) >= 11 is 0. The van der Waals surface area contributed by atoms with Crippen LogP contribution >= 0.6 is 21.4 Å². The lowest BCUT2D eigenvalue weighted by molar-refractivity contribution is 0.607. The van der Waals surface area contributed by atoms with E-state index in [2.05, 4.69) is 4.98 Å². The Labute approximate surface area is 126 Å². The molecule has 1 heterocycles. The highest BCUT2D eigenvalue weighted by atomic mass is 35.7. The molecule has 0 radical (unpaired) electrons. The van der Waals surface area contributed by atoms with Gasteiger partial charge in [-0.15, -0.1) is 0 Å². The summed E-state index contributed by atoms with van der Waals surface area (Å²) in [4.78, 5) is 3.75. The van der Waals surface area contributed by atoms with Crippen LogP contribution in [0.25, 0.3) is 0 Å². The molecular weight excluding hydrogens is 345 g/mol. The third kappa shape index (κ3) is 5.87. The van der Waals surface area contributed by atoms with Crippen molar-refractivity contribution in [2.24, 2.45) is 0 Å². The Balaban J connectivity index is 0.000000200. The summed E-state index contributed by atoms with van der Waals surface area (Å²) in [6.45, 7) is 0. The van der Waals surface area contributed by atoms with E-state index in [0.717, 1.165) is 0 Å². The highest BCUT2D eigenvalue weighted by Gasteiger charge is 2.07. The quantitative estimate of drug-likeness (QED) is 0.775. The molecule has 0 saturated carbocycles. The lowest BCUT2D eigenvalue weighted by atomic mass is 10.4. The van der Waals surface area contributed by atoms with Gasteiger partial charge in [0.15, 0.2) is 0 Å². The van der Waals surface area contributed by atoms with Crippen molar-refractivity contribution in [1.82, 2.24) is 4.98 Å². The third-order valence-electron chi connectivity index (χ3n) is 1.94. The first kappa shape index (κ1) is 16.9. The van der Waals surface area contributed by atoms with Crippen LogP contribution in [0.15, 0.2) is 64.6 Å². The average molecular weight is 354 g/mol. The molecule has 0 bridgehead atoms. The maximum absolute atomic E-state index is 10.6. The van der Waals surface area contributed by atoms with Crippen molar-refractivity contribution in [3.8, 4) is 0 Å². The van der Waals surface area contributed by atoms with E-state index in [1.807, 2.05) is 0 Å². The van der Waals surface area contributed by atoms with Gasteiger partial charge in [0, 0.05) is 33.8 Å². The van der Waals surface area contributed by atoms with Crippen molar-refractivity contribution in [2.45, 2.75) is 9.79 Å². The molecule has 0 fully saturated rings. The van der Waals surface area contributed by atoms with Crippen molar-refractivity contribution >= 4 is 39.5 Å². The van der Waals surface area contributed by atoms with Crippen LogP contribution in [0.2, 0.25) is 0 Å². The van der Waals surface area contributed by atoms with Gasteiger partial charge in [0.05, 0.1) is 4.90 Å². The predicted molar refractivity (Wildman–Crippen MR) is 76.8 cm³/mol. The molecule has 0 saturated heterocycles. The van der Waals surface area contributed by atoms with Crippen LogP contribution in [-0.2, 0) is 18.1 Å². The SMILES string of the molecule is O=S(=O)(Cl)c1ccccc1.O=S(=O)(Cl)c1cccnc1. The molecule has 9 heteroatoms. The fourth-order valence-electron chi connectivity index (χ4n) is 1.07. The highest BCUT2D eigenvalue weighted by molar-refractivity contribution is 8.14. The summed E-state index contributed by atoms with van der Waals surface area (Å²) < 4.78 is 42.3. The van der Waals surface area contributed by atoms with Gasteiger partial charge in [-0.25, -0.2) is 16.8 Å². The van der Waals surface area contributed by atoms with Gasteiger partial charge in [-0.3, -0.25) is 4.98 Å². The number of nitrogens with zero attached hydrogens (tertiary/aromatic N) is 1. The molecule has 20 heavy (non-hydrogen) atoms. The van der Waals surface area contributed by atoms with E-state index in [1.54, 1.807) is 18.2 Å². The number of pyridine rings is 1. The zero-order chi connectivity index (χ0) is 15.2. The van der Waals surface area contributed by atoms with Crippen LogP contribution in [0, 0.1) is 0 Å². The lowest BCUT2D eigenvalue weighted by Crippen LogP contribution is -1.89. The van der Waals surface area contributed by atoms with Gasteiger partial charge in [-0.05, 0) is 24.3 Å². The zero-order valence-corrected chi connectivity index (χ0v) is 13.0. The molecule has 2 aromatic rings. The maximum Gasteiger partial charge on any atom is 0.262 e. The maximum atomic E-state index is 10.6. The highest BCUT2D eigenvalue weighted by Crippen LogP contribution is 2.12. The first-order chi connectivity index (χ1) is 9.21. The van der Waals surface area contributed by atoms with Crippen LogP contribution < -0.4 is 0 Å². The van der Waals surface area contributed by atoms with Crippen LogP contribution in [0.1, 0.15) is 0 Å². The molecule has 0 unspecified atom stereocenters. The minimum absolute atomic E-state index is 0.0247. The first-order valence-electron chi connectivity index (χ1n) is 5.05. The van der Waals surface area contributed by atoms with Crippen LogP contribution in [-0.4, -0.2) is 21.8 Å². The largest absolute Gasteiger partial charge is 0.263 e. The summed E-state index contributed by atoms with van der Waals surface area (Å²) in [5.41, 5.74) is 0. The molecule has 108 valence electrons. The van der Waals surface area contributed by atoms with Crippen LogP contribution in [0.3, 0.4) is 0 Å². The van der Waals surface area contributed by atoms with Crippen LogP contribution in [0.5, 0.6) is 0 Å². The summed E-state index contributed by atoms with van der Waals surface area (Å²) in [5.74, 6) is 0. The van der Waals surface area contributed by atoms with E-state index in [-0.39, 0.29) is 9.79 Å². The van der Waals surface area contributed by atoms with Gasteiger partial charge in [0.1, 0.15) is 4.90 Å². The Bertz CT molecular complexity index is 680. The summed E-state index contributed by atoms with van der Waals surface area (Å²) in [6, 6.07) is 10.8. The second-order valence-corrected chi connectivity index (χ2v) is 8.51. The molecule has 2 rings (SSSR count). The fourth-order valence-corrected chi connectivity index (χ4v) is 2.57. The number of halogens is 2.